The molecule has 0 spiro atoms. The van der Waals surface area contributed by atoms with Crippen LogP contribution in [0.15, 0.2) is 48.5 Å². The van der Waals surface area contributed by atoms with Crippen molar-refractivity contribution in [2.45, 2.75) is 12.7 Å². The Hall–Kier alpha value is -3.60. The van der Waals surface area contributed by atoms with Crippen LogP contribution in [0.4, 0.5) is 33.0 Å². The second-order valence-electron chi connectivity index (χ2n) is 7.13. The minimum atomic E-state index is -4.72. The molecule has 1 heterocycles. The van der Waals surface area contributed by atoms with Crippen molar-refractivity contribution in [1.29, 1.82) is 0 Å². The molecule has 180 valence electrons. The van der Waals surface area contributed by atoms with Crippen LogP contribution < -0.4 is 10.6 Å². The average Bonchev–Trinajstić information content (AvgIpc) is 2.78. The standard InChI is InChI=1S/C22H19ClF4N4O3/c1-31(20(32)28-12-14-6-4-8-16(24)18(14)23)9-10-34-21(33)30-17-11-13-5-2-3-7-15(13)19(29-17)22(25,26)27/h2-8,11H,9-10,12H2,1H3,(H,28,32)(H,29,30,33). The lowest BCUT2D eigenvalue weighted by molar-refractivity contribution is -0.139. The Balaban J connectivity index is 1.52. The average molecular weight is 499 g/mol. The number of pyridine rings is 1. The molecule has 0 aliphatic rings. The van der Waals surface area contributed by atoms with E-state index in [0.717, 1.165) is 0 Å². The molecule has 7 nitrogen and oxygen atoms in total. The Kier molecular flexibility index (Phi) is 7.77. The molecular formula is C22H19ClF4N4O3. The molecular weight excluding hydrogens is 480 g/mol. The molecule has 3 aromatic rings. The Morgan fingerprint density at radius 3 is 2.62 bits per heavy atom. The van der Waals surface area contributed by atoms with E-state index in [4.69, 9.17) is 16.3 Å². The summed E-state index contributed by atoms with van der Waals surface area (Å²) in [6, 6.07) is 10.8. The number of hydrogen-bond donors (Lipinski definition) is 2. The number of aromatic nitrogens is 1. The van der Waals surface area contributed by atoms with Crippen LogP contribution in [0.25, 0.3) is 10.8 Å². The van der Waals surface area contributed by atoms with Crippen molar-refractivity contribution in [2.24, 2.45) is 0 Å². The lowest BCUT2D eigenvalue weighted by atomic mass is 10.1. The highest BCUT2D eigenvalue weighted by molar-refractivity contribution is 6.31. The second-order valence-corrected chi connectivity index (χ2v) is 7.51. The molecule has 0 bridgehead atoms. The number of alkyl halides is 3. The van der Waals surface area contributed by atoms with Gasteiger partial charge in [-0.25, -0.2) is 19.0 Å². The van der Waals surface area contributed by atoms with E-state index in [1.54, 1.807) is 12.1 Å². The maximum atomic E-state index is 13.4. The number of carbonyl (C=O) groups is 2. The molecule has 0 saturated carbocycles. The van der Waals surface area contributed by atoms with Crippen LogP contribution in [0, 0.1) is 5.82 Å². The van der Waals surface area contributed by atoms with Crippen LogP contribution in [0.1, 0.15) is 11.3 Å². The molecule has 3 rings (SSSR count). The van der Waals surface area contributed by atoms with Gasteiger partial charge in [0.2, 0.25) is 0 Å². The molecule has 3 amide bonds. The molecule has 2 aromatic carbocycles. The van der Waals surface area contributed by atoms with Crippen molar-refractivity contribution in [1.82, 2.24) is 15.2 Å². The van der Waals surface area contributed by atoms with Gasteiger partial charge in [0.1, 0.15) is 18.2 Å². The normalized spacial score (nSPS) is 11.2. The monoisotopic (exact) mass is 498 g/mol. The fraction of sp³-hybridized carbons (Fsp3) is 0.227. The van der Waals surface area contributed by atoms with Crippen LogP contribution in [0.3, 0.4) is 0 Å². The molecule has 0 atom stereocenters. The molecule has 0 fully saturated rings. The lowest BCUT2D eigenvalue weighted by Crippen LogP contribution is -2.39. The van der Waals surface area contributed by atoms with Gasteiger partial charge in [0, 0.05) is 19.0 Å². The van der Waals surface area contributed by atoms with E-state index in [2.05, 4.69) is 15.6 Å². The number of nitrogens with one attached hydrogen (secondary N) is 2. The van der Waals surface area contributed by atoms with Crippen LogP contribution in [-0.4, -0.2) is 42.2 Å². The quantitative estimate of drug-likeness (QED) is 0.444. The highest BCUT2D eigenvalue weighted by Gasteiger charge is 2.35. The van der Waals surface area contributed by atoms with Crippen molar-refractivity contribution in [3.8, 4) is 0 Å². The number of urea groups is 1. The summed E-state index contributed by atoms with van der Waals surface area (Å²) in [6.45, 7) is -0.276. The number of likely N-dealkylation sites (N-methyl/N-ethyl adjacent to an activating group) is 1. The Morgan fingerprint density at radius 1 is 1.15 bits per heavy atom. The number of amides is 3. The van der Waals surface area contributed by atoms with E-state index in [1.165, 1.54) is 48.3 Å². The predicted molar refractivity (Wildman–Crippen MR) is 118 cm³/mol. The second kappa shape index (κ2) is 10.6. The molecule has 0 aliphatic carbocycles. The van der Waals surface area contributed by atoms with Crippen molar-refractivity contribution >= 4 is 40.3 Å². The number of hydrogen-bond acceptors (Lipinski definition) is 4. The number of ether oxygens (including phenoxy) is 1. The third kappa shape index (κ3) is 6.25. The Labute approximate surface area is 196 Å². The van der Waals surface area contributed by atoms with E-state index in [9.17, 15) is 27.2 Å². The van der Waals surface area contributed by atoms with Crippen LogP contribution in [-0.2, 0) is 17.5 Å². The summed E-state index contributed by atoms with van der Waals surface area (Å²) >= 11 is 5.84. The Bertz CT molecular complexity index is 1210. The fourth-order valence-electron chi connectivity index (χ4n) is 2.99. The van der Waals surface area contributed by atoms with Gasteiger partial charge < -0.3 is 15.0 Å². The van der Waals surface area contributed by atoms with Gasteiger partial charge in [0.25, 0.3) is 0 Å². The number of benzene rings is 2. The summed E-state index contributed by atoms with van der Waals surface area (Å²) in [5.74, 6) is -0.932. The van der Waals surface area contributed by atoms with Crippen LogP contribution >= 0.6 is 11.6 Å². The number of carbonyl (C=O) groups excluding carboxylic acids is 2. The molecule has 0 saturated heterocycles. The number of anilines is 1. The first-order valence-corrected chi connectivity index (χ1v) is 10.3. The Morgan fingerprint density at radius 2 is 1.88 bits per heavy atom. The van der Waals surface area contributed by atoms with E-state index < -0.39 is 29.8 Å². The minimum absolute atomic E-state index is 0.0176. The number of fused-ring (bicyclic) bond motifs is 1. The lowest BCUT2D eigenvalue weighted by Gasteiger charge is -2.18. The summed E-state index contributed by atoms with van der Waals surface area (Å²) in [5, 5.41) is 4.76. The summed E-state index contributed by atoms with van der Waals surface area (Å²) in [6.07, 6.45) is -5.75. The third-order valence-electron chi connectivity index (χ3n) is 4.71. The number of rotatable bonds is 6. The van der Waals surface area contributed by atoms with Gasteiger partial charge in [-0.15, -0.1) is 0 Å². The maximum absolute atomic E-state index is 13.4. The molecule has 12 heteroatoms. The number of halogens is 5. The van der Waals surface area contributed by atoms with Gasteiger partial charge in [0.05, 0.1) is 11.6 Å². The van der Waals surface area contributed by atoms with Crippen molar-refractivity contribution in [3.63, 3.8) is 0 Å². The third-order valence-corrected chi connectivity index (χ3v) is 5.13. The van der Waals surface area contributed by atoms with E-state index in [0.29, 0.717) is 5.56 Å². The fourth-order valence-corrected chi connectivity index (χ4v) is 3.18. The summed E-state index contributed by atoms with van der Waals surface area (Å²) in [4.78, 5) is 28.9. The van der Waals surface area contributed by atoms with E-state index >= 15 is 0 Å². The first-order chi connectivity index (χ1) is 16.1. The number of nitrogens with zero attached hydrogens (tertiary/aromatic N) is 2. The highest BCUT2D eigenvalue weighted by atomic mass is 35.5. The smallest absolute Gasteiger partial charge is 0.434 e. The van der Waals surface area contributed by atoms with Gasteiger partial charge in [-0.05, 0) is 23.1 Å². The van der Waals surface area contributed by atoms with E-state index in [-0.39, 0.29) is 41.3 Å². The van der Waals surface area contributed by atoms with Gasteiger partial charge in [0.15, 0.2) is 5.69 Å². The summed E-state index contributed by atoms with van der Waals surface area (Å²) < 4.78 is 58.4. The van der Waals surface area contributed by atoms with Crippen molar-refractivity contribution in [2.75, 3.05) is 25.5 Å². The molecule has 2 N–H and O–H groups in total. The van der Waals surface area contributed by atoms with Crippen molar-refractivity contribution in [3.05, 3.63) is 70.6 Å². The van der Waals surface area contributed by atoms with E-state index in [1.807, 2.05) is 0 Å². The molecule has 0 unspecified atom stereocenters. The van der Waals surface area contributed by atoms with Gasteiger partial charge >= 0.3 is 18.3 Å². The molecule has 34 heavy (non-hydrogen) atoms. The van der Waals surface area contributed by atoms with Crippen molar-refractivity contribution < 1.29 is 31.9 Å². The van der Waals surface area contributed by atoms with Crippen LogP contribution in [0.5, 0.6) is 0 Å². The first-order valence-electron chi connectivity index (χ1n) is 9.89. The first kappa shape index (κ1) is 25.0. The SMILES string of the molecule is CN(CCOC(=O)Nc1cc2ccccc2c(C(F)(F)F)n1)C(=O)NCc1cccc(F)c1Cl. The molecule has 0 radical (unpaired) electrons. The van der Waals surface area contributed by atoms with Gasteiger partial charge in [-0.1, -0.05) is 48.0 Å². The highest BCUT2D eigenvalue weighted by Crippen LogP contribution is 2.34. The minimum Gasteiger partial charge on any atom is -0.447 e. The summed E-state index contributed by atoms with van der Waals surface area (Å²) in [7, 11) is 1.43. The topological polar surface area (TPSA) is 83.6 Å². The zero-order chi connectivity index (χ0) is 24.9. The predicted octanol–water partition coefficient (Wildman–Crippen LogP) is 5.44. The van der Waals surface area contributed by atoms with Crippen LogP contribution in [0.2, 0.25) is 5.02 Å². The largest absolute Gasteiger partial charge is 0.447 e. The zero-order valence-electron chi connectivity index (χ0n) is 17.7. The zero-order valence-corrected chi connectivity index (χ0v) is 18.5. The molecule has 1 aromatic heterocycles. The summed E-state index contributed by atoms with van der Waals surface area (Å²) in [5.41, 5.74) is -0.740. The van der Waals surface area contributed by atoms with Gasteiger partial charge in [-0.3, -0.25) is 5.32 Å². The maximum Gasteiger partial charge on any atom is 0.434 e. The molecule has 0 aliphatic heterocycles. The van der Waals surface area contributed by atoms with Gasteiger partial charge in [-0.2, -0.15) is 13.2 Å².